The van der Waals surface area contributed by atoms with E-state index in [9.17, 15) is 14.9 Å². The largest absolute Gasteiger partial charge is 0.481 e. The number of nitrogens with zero attached hydrogens (tertiary/aromatic N) is 2. The molecule has 1 aliphatic rings. The van der Waals surface area contributed by atoms with Gasteiger partial charge in [0.1, 0.15) is 0 Å². The third-order valence-corrected chi connectivity index (χ3v) is 3.57. The van der Waals surface area contributed by atoms with E-state index >= 15 is 0 Å². The van der Waals surface area contributed by atoms with Crippen LogP contribution in [0.25, 0.3) is 0 Å². The number of nitrogens with one attached hydrogen (secondary N) is 1. The van der Waals surface area contributed by atoms with E-state index in [1.807, 2.05) is 0 Å². The van der Waals surface area contributed by atoms with E-state index < -0.39 is 10.9 Å². The van der Waals surface area contributed by atoms with E-state index in [0.717, 1.165) is 12.8 Å². The zero-order valence-corrected chi connectivity index (χ0v) is 11.2. The maximum atomic E-state index is 11.0. The molecule has 0 saturated heterocycles. The second-order valence-electron chi connectivity index (χ2n) is 5.18. The Morgan fingerprint density at radius 3 is 2.95 bits per heavy atom. The summed E-state index contributed by atoms with van der Waals surface area (Å²) in [5.74, 6) is -0.967. The van der Waals surface area contributed by atoms with Crippen molar-refractivity contribution < 1.29 is 14.8 Å². The van der Waals surface area contributed by atoms with Gasteiger partial charge in [-0.15, -0.1) is 0 Å². The van der Waals surface area contributed by atoms with E-state index in [4.69, 9.17) is 5.11 Å². The molecule has 2 rings (SSSR count). The number of aliphatic carboxylic acids is 1. The van der Waals surface area contributed by atoms with Gasteiger partial charge in [-0.25, -0.2) is 4.98 Å². The fraction of sp³-hybridized carbons (Fsp3) is 0.538. The van der Waals surface area contributed by atoms with Gasteiger partial charge < -0.3 is 10.4 Å². The predicted molar refractivity (Wildman–Crippen MR) is 72.6 cm³/mol. The third kappa shape index (κ3) is 3.23. The van der Waals surface area contributed by atoms with Gasteiger partial charge >= 0.3 is 11.7 Å². The van der Waals surface area contributed by atoms with Gasteiger partial charge in [0.15, 0.2) is 0 Å². The number of nitro groups is 1. The summed E-state index contributed by atoms with van der Waals surface area (Å²) in [4.78, 5) is 25.6. The van der Waals surface area contributed by atoms with Gasteiger partial charge in [0.05, 0.1) is 10.8 Å². The molecule has 2 atom stereocenters. The summed E-state index contributed by atoms with van der Waals surface area (Å²) in [6, 6.07) is 1.38. The number of anilines is 1. The molecule has 1 fully saturated rings. The van der Waals surface area contributed by atoms with Crippen LogP contribution >= 0.6 is 0 Å². The van der Waals surface area contributed by atoms with E-state index in [0.29, 0.717) is 18.4 Å². The van der Waals surface area contributed by atoms with Gasteiger partial charge in [-0.05, 0) is 31.7 Å². The normalized spacial score (nSPS) is 22.2. The van der Waals surface area contributed by atoms with Crippen LogP contribution in [0.4, 0.5) is 11.5 Å². The van der Waals surface area contributed by atoms with Crippen molar-refractivity contribution in [3.63, 3.8) is 0 Å². The molecule has 1 saturated carbocycles. The van der Waals surface area contributed by atoms with Crippen LogP contribution in [0, 0.1) is 23.0 Å². The molecular formula is C13H17N3O4. The zero-order chi connectivity index (χ0) is 14.7. The smallest absolute Gasteiger partial charge is 0.311 e. The molecule has 0 amide bonds. The molecule has 7 nitrogen and oxygen atoms in total. The Morgan fingerprint density at radius 1 is 1.55 bits per heavy atom. The van der Waals surface area contributed by atoms with Crippen LogP contribution in [-0.2, 0) is 4.79 Å². The van der Waals surface area contributed by atoms with Crippen LogP contribution in [0.3, 0.4) is 0 Å². The SMILES string of the molecule is Cc1cnc(NC2CCCC(C(=O)O)C2)c([N+](=O)[O-])c1. The van der Waals surface area contributed by atoms with Crippen LogP contribution in [0.15, 0.2) is 12.3 Å². The average molecular weight is 279 g/mol. The standard InChI is InChI=1S/C13H17N3O4/c1-8-5-11(16(19)20)12(14-7-8)15-10-4-2-3-9(6-10)13(17)18/h5,7,9-10H,2-4,6H2,1H3,(H,14,15)(H,17,18). The molecule has 1 aromatic heterocycles. The summed E-state index contributed by atoms with van der Waals surface area (Å²) in [6.45, 7) is 1.74. The average Bonchev–Trinajstić information content (AvgIpc) is 2.41. The van der Waals surface area contributed by atoms with Gasteiger partial charge in [-0.3, -0.25) is 14.9 Å². The number of aryl methyl sites for hydroxylation is 1. The Balaban J connectivity index is 2.13. The molecule has 0 aliphatic heterocycles. The molecule has 2 unspecified atom stereocenters. The summed E-state index contributed by atoms with van der Waals surface area (Å²) in [6.07, 6.45) is 4.30. The minimum atomic E-state index is -0.803. The number of hydrogen-bond donors (Lipinski definition) is 2. The number of carboxylic acids is 1. The van der Waals surface area contributed by atoms with Crippen molar-refractivity contribution in [3.8, 4) is 0 Å². The van der Waals surface area contributed by atoms with E-state index in [2.05, 4.69) is 10.3 Å². The second kappa shape index (κ2) is 5.85. The maximum Gasteiger partial charge on any atom is 0.311 e. The Bertz CT molecular complexity index is 532. The van der Waals surface area contributed by atoms with Crippen molar-refractivity contribution in [1.82, 2.24) is 4.98 Å². The summed E-state index contributed by atoms with van der Waals surface area (Å²) in [5.41, 5.74) is 0.650. The number of carboxylic acid groups (broad SMARTS) is 1. The van der Waals surface area contributed by atoms with Crippen LogP contribution in [0.5, 0.6) is 0 Å². The Morgan fingerprint density at radius 2 is 2.30 bits per heavy atom. The fourth-order valence-corrected chi connectivity index (χ4v) is 2.54. The van der Waals surface area contributed by atoms with Crippen molar-refractivity contribution in [2.24, 2.45) is 5.92 Å². The molecule has 2 N–H and O–H groups in total. The molecule has 0 spiro atoms. The number of hydrogen-bond acceptors (Lipinski definition) is 5. The Labute approximate surface area is 116 Å². The quantitative estimate of drug-likeness (QED) is 0.647. The highest BCUT2D eigenvalue weighted by molar-refractivity contribution is 5.70. The first-order valence-electron chi connectivity index (χ1n) is 6.57. The number of aromatic nitrogens is 1. The Kier molecular flexibility index (Phi) is 4.16. The summed E-state index contributed by atoms with van der Waals surface area (Å²) in [7, 11) is 0. The predicted octanol–water partition coefficient (Wildman–Crippen LogP) is 2.35. The van der Waals surface area contributed by atoms with E-state index in [-0.39, 0.29) is 23.5 Å². The summed E-state index contributed by atoms with van der Waals surface area (Å²) >= 11 is 0. The summed E-state index contributed by atoms with van der Waals surface area (Å²) in [5, 5.41) is 23.1. The molecule has 0 radical (unpaired) electrons. The van der Waals surface area contributed by atoms with Crippen molar-refractivity contribution in [2.75, 3.05) is 5.32 Å². The van der Waals surface area contributed by atoms with E-state index in [1.54, 1.807) is 13.1 Å². The molecule has 108 valence electrons. The van der Waals surface area contributed by atoms with Crippen molar-refractivity contribution in [3.05, 3.63) is 27.9 Å². The molecule has 0 aromatic carbocycles. The molecule has 1 aliphatic carbocycles. The molecule has 1 heterocycles. The number of pyridine rings is 1. The van der Waals surface area contributed by atoms with E-state index in [1.165, 1.54) is 6.07 Å². The highest BCUT2D eigenvalue weighted by Gasteiger charge is 2.28. The van der Waals surface area contributed by atoms with Crippen LogP contribution in [0.2, 0.25) is 0 Å². The molecule has 1 aromatic rings. The van der Waals surface area contributed by atoms with Crippen LogP contribution in [-0.4, -0.2) is 27.0 Å². The first-order valence-corrected chi connectivity index (χ1v) is 6.57. The number of rotatable bonds is 4. The van der Waals surface area contributed by atoms with Gasteiger partial charge in [-0.2, -0.15) is 0 Å². The van der Waals surface area contributed by atoms with Gasteiger partial charge in [0.2, 0.25) is 5.82 Å². The lowest BCUT2D eigenvalue weighted by Crippen LogP contribution is -2.31. The molecule has 7 heteroatoms. The fourth-order valence-electron chi connectivity index (χ4n) is 2.54. The molecular weight excluding hydrogens is 262 g/mol. The Hall–Kier alpha value is -2.18. The highest BCUT2D eigenvalue weighted by Crippen LogP contribution is 2.29. The lowest BCUT2D eigenvalue weighted by Gasteiger charge is -2.27. The second-order valence-corrected chi connectivity index (χ2v) is 5.18. The minimum Gasteiger partial charge on any atom is -0.481 e. The first-order chi connectivity index (χ1) is 9.47. The van der Waals surface area contributed by atoms with Crippen LogP contribution < -0.4 is 5.32 Å². The van der Waals surface area contributed by atoms with Crippen molar-refractivity contribution in [2.45, 2.75) is 38.6 Å². The monoisotopic (exact) mass is 279 g/mol. The minimum absolute atomic E-state index is 0.0672. The van der Waals surface area contributed by atoms with Gasteiger partial charge in [0, 0.05) is 18.3 Å². The van der Waals surface area contributed by atoms with Crippen molar-refractivity contribution in [1.29, 1.82) is 0 Å². The summed E-state index contributed by atoms with van der Waals surface area (Å²) < 4.78 is 0. The molecule has 0 bridgehead atoms. The maximum absolute atomic E-state index is 11.0. The highest BCUT2D eigenvalue weighted by atomic mass is 16.6. The lowest BCUT2D eigenvalue weighted by molar-refractivity contribution is -0.384. The topological polar surface area (TPSA) is 105 Å². The van der Waals surface area contributed by atoms with Gasteiger partial charge in [0.25, 0.3) is 0 Å². The van der Waals surface area contributed by atoms with Gasteiger partial charge in [-0.1, -0.05) is 6.42 Å². The lowest BCUT2D eigenvalue weighted by atomic mass is 9.86. The van der Waals surface area contributed by atoms with Crippen LogP contribution in [0.1, 0.15) is 31.2 Å². The number of carbonyl (C=O) groups is 1. The first kappa shape index (κ1) is 14.2. The van der Waals surface area contributed by atoms with Crippen molar-refractivity contribution >= 4 is 17.5 Å². The molecule has 20 heavy (non-hydrogen) atoms. The third-order valence-electron chi connectivity index (χ3n) is 3.57. The zero-order valence-electron chi connectivity index (χ0n) is 11.2.